The van der Waals surface area contributed by atoms with Gasteiger partial charge in [-0.2, -0.15) is 5.26 Å². The highest BCUT2D eigenvalue weighted by atomic mass is 32.2. The van der Waals surface area contributed by atoms with Crippen LogP contribution in [0.5, 0.6) is 5.88 Å². The lowest BCUT2D eigenvalue weighted by Crippen LogP contribution is -2.48. The maximum absolute atomic E-state index is 13.8. The number of carbonyl (C=O) groups excluding carboxylic acids is 1. The summed E-state index contributed by atoms with van der Waals surface area (Å²) < 4.78 is 50.9. The van der Waals surface area contributed by atoms with Gasteiger partial charge in [0.25, 0.3) is 11.5 Å². The fourth-order valence-electron chi connectivity index (χ4n) is 4.30. The lowest BCUT2D eigenvalue weighted by molar-refractivity contribution is 0.0408. The third-order valence-electron chi connectivity index (χ3n) is 6.87. The van der Waals surface area contributed by atoms with Crippen LogP contribution in [0.25, 0.3) is 10.9 Å². The van der Waals surface area contributed by atoms with Gasteiger partial charge in [-0.15, -0.1) is 0 Å². The minimum absolute atomic E-state index is 0.0457. The zero-order valence-corrected chi connectivity index (χ0v) is 20.7. The Kier molecular flexibility index (Phi) is 6.21. The number of sulfone groups is 1. The molecule has 1 N–H and O–H groups in total. The molecule has 1 aromatic carbocycles. The van der Waals surface area contributed by atoms with Gasteiger partial charge in [-0.3, -0.25) is 9.59 Å². The normalized spacial score (nSPS) is 16.6. The minimum atomic E-state index is -3.42. The Balaban J connectivity index is 1.36. The molecule has 0 radical (unpaired) electrons. The van der Waals surface area contributed by atoms with Crippen LogP contribution in [0.1, 0.15) is 34.3 Å². The van der Waals surface area contributed by atoms with E-state index in [0.29, 0.717) is 29.3 Å². The lowest BCUT2D eigenvalue weighted by Gasteiger charge is -2.30. The van der Waals surface area contributed by atoms with Crippen molar-refractivity contribution in [2.45, 2.75) is 29.4 Å². The van der Waals surface area contributed by atoms with Crippen LogP contribution in [0.15, 0.2) is 41.3 Å². The van der Waals surface area contributed by atoms with Crippen LogP contribution in [-0.4, -0.2) is 53.7 Å². The van der Waals surface area contributed by atoms with Crippen LogP contribution >= 0.6 is 0 Å². The summed E-state index contributed by atoms with van der Waals surface area (Å²) in [5.41, 5.74) is -0.0766. The van der Waals surface area contributed by atoms with Gasteiger partial charge in [-0.1, -0.05) is 6.07 Å². The molecule has 3 aromatic rings. The molecule has 2 aliphatic rings. The molecule has 0 atom stereocenters. The first-order valence-electron chi connectivity index (χ1n) is 11.6. The fourth-order valence-corrected chi connectivity index (χ4v) is 6.46. The number of hydrogen-bond donors (Lipinski definition) is 1. The van der Waals surface area contributed by atoms with Crippen molar-refractivity contribution >= 4 is 26.6 Å². The number of hydrogen-bond acceptors (Lipinski definition) is 8. The molecular formula is C25H23FN4O6S. The quantitative estimate of drug-likeness (QED) is 0.467. The number of halogens is 1. The molecule has 1 aliphatic carbocycles. The fraction of sp³-hybridized carbons (Fsp3) is 0.360. The van der Waals surface area contributed by atoms with Crippen molar-refractivity contribution in [2.75, 3.05) is 19.8 Å². The molecule has 1 saturated heterocycles. The van der Waals surface area contributed by atoms with Crippen molar-refractivity contribution < 1.29 is 27.1 Å². The van der Waals surface area contributed by atoms with E-state index in [4.69, 9.17) is 14.7 Å². The molecule has 3 heterocycles. The number of fused-ring (bicyclic) bond motifs is 1. The number of amides is 1. The SMILES string of the molecule is Cn1c(=O)c(C(=O)NCc2ccc(C#N)c(F)c2)cc2ccnc(OCC3(S(=O)(=O)C4COC4)CC3)c21. The molecule has 1 amide bonds. The van der Waals surface area contributed by atoms with Crippen molar-refractivity contribution in [3.63, 3.8) is 0 Å². The molecule has 0 bridgehead atoms. The summed E-state index contributed by atoms with van der Waals surface area (Å²) in [7, 11) is -1.95. The summed E-state index contributed by atoms with van der Waals surface area (Å²) in [6.45, 7) is 0.248. The van der Waals surface area contributed by atoms with E-state index in [9.17, 15) is 22.4 Å². The third kappa shape index (κ3) is 4.34. The summed E-state index contributed by atoms with van der Waals surface area (Å²) in [4.78, 5) is 30.1. The molecule has 0 spiro atoms. The van der Waals surface area contributed by atoms with Crippen molar-refractivity contribution in [2.24, 2.45) is 7.05 Å². The number of aryl methyl sites for hydroxylation is 1. The number of nitrogens with zero attached hydrogens (tertiary/aromatic N) is 3. The van der Waals surface area contributed by atoms with E-state index in [2.05, 4.69) is 10.3 Å². The molecule has 12 heteroatoms. The summed E-state index contributed by atoms with van der Waals surface area (Å²) in [6.07, 6.45) is 2.43. The molecule has 1 aliphatic heterocycles. The van der Waals surface area contributed by atoms with E-state index in [1.807, 2.05) is 0 Å². The predicted octanol–water partition coefficient (Wildman–Crippen LogP) is 1.60. The summed E-state index contributed by atoms with van der Waals surface area (Å²) in [5.74, 6) is -1.25. The lowest BCUT2D eigenvalue weighted by atomic mass is 10.1. The van der Waals surface area contributed by atoms with E-state index in [0.717, 1.165) is 6.07 Å². The average Bonchev–Trinajstić information content (AvgIpc) is 3.64. The van der Waals surface area contributed by atoms with Gasteiger partial charge in [0.1, 0.15) is 39.6 Å². The van der Waals surface area contributed by atoms with Crippen molar-refractivity contribution in [1.82, 2.24) is 14.9 Å². The van der Waals surface area contributed by atoms with Gasteiger partial charge < -0.3 is 19.4 Å². The monoisotopic (exact) mass is 526 g/mol. The molecule has 1 saturated carbocycles. The Morgan fingerprint density at radius 1 is 1.32 bits per heavy atom. The average molecular weight is 527 g/mol. The van der Waals surface area contributed by atoms with Crippen LogP contribution in [0.4, 0.5) is 4.39 Å². The standard InChI is InChI=1S/C25H23FN4O6S/c1-30-21-16(4-7-28-23(21)36-14-25(5-6-25)37(33,34)18-12-35-13-18)9-19(24(30)32)22(31)29-11-15-2-3-17(10-27)20(26)8-15/h2-4,7-9,18H,5-6,11-14H2,1H3,(H,29,31). The third-order valence-corrected chi connectivity index (χ3v) is 9.76. The number of aromatic nitrogens is 2. The van der Waals surface area contributed by atoms with Gasteiger partial charge in [-0.05, 0) is 42.7 Å². The van der Waals surface area contributed by atoms with E-state index < -0.39 is 37.1 Å². The first-order chi connectivity index (χ1) is 17.7. The Hall–Kier alpha value is -3.82. The van der Waals surface area contributed by atoms with Crippen molar-refractivity contribution in [3.8, 4) is 11.9 Å². The smallest absolute Gasteiger partial charge is 0.263 e. The summed E-state index contributed by atoms with van der Waals surface area (Å²) in [5, 5.41) is 11.4. The number of benzene rings is 1. The maximum atomic E-state index is 13.8. The number of pyridine rings is 2. The minimum Gasteiger partial charge on any atom is -0.474 e. The van der Waals surface area contributed by atoms with Gasteiger partial charge in [0.15, 0.2) is 9.84 Å². The number of ether oxygens (including phenoxy) is 2. The Bertz CT molecular complexity index is 1620. The second kappa shape index (κ2) is 9.24. The second-order valence-electron chi connectivity index (χ2n) is 9.26. The Labute approximate surface area is 211 Å². The summed E-state index contributed by atoms with van der Waals surface area (Å²) >= 11 is 0. The Morgan fingerprint density at radius 2 is 2.08 bits per heavy atom. The van der Waals surface area contributed by atoms with Crippen LogP contribution in [0.3, 0.4) is 0 Å². The van der Waals surface area contributed by atoms with Crippen LogP contribution in [0.2, 0.25) is 0 Å². The molecule has 37 heavy (non-hydrogen) atoms. The van der Waals surface area contributed by atoms with Crippen LogP contribution < -0.4 is 15.6 Å². The van der Waals surface area contributed by atoms with E-state index in [1.165, 1.54) is 36.0 Å². The van der Waals surface area contributed by atoms with Gasteiger partial charge in [0.2, 0.25) is 5.88 Å². The second-order valence-corrected chi connectivity index (χ2v) is 11.9. The Morgan fingerprint density at radius 3 is 2.70 bits per heavy atom. The van der Waals surface area contributed by atoms with Gasteiger partial charge in [0.05, 0.1) is 18.8 Å². The zero-order valence-electron chi connectivity index (χ0n) is 19.9. The molecule has 2 aromatic heterocycles. The molecule has 2 fully saturated rings. The van der Waals surface area contributed by atoms with Crippen LogP contribution in [-0.2, 0) is 28.2 Å². The molecule has 5 rings (SSSR count). The molecule has 192 valence electrons. The number of rotatable bonds is 8. The first kappa shape index (κ1) is 24.9. The zero-order chi connectivity index (χ0) is 26.4. The predicted molar refractivity (Wildman–Crippen MR) is 130 cm³/mol. The number of nitriles is 1. The van der Waals surface area contributed by atoms with E-state index in [1.54, 1.807) is 12.1 Å². The molecule has 10 nitrogen and oxygen atoms in total. The largest absolute Gasteiger partial charge is 0.474 e. The molecular weight excluding hydrogens is 503 g/mol. The van der Waals surface area contributed by atoms with Gasteiger partial charge in [-0.25, -0.2) is 17.8 Å². The highest BCUT2D eigenvalue weighted by Crippen LogP contribution is 2.47. The van der Waals surface area contributed by atoms with Gasteiger partial charge >= 0.3 is 0 Å². The highest BCUT2D eigenvalue weighted by Gasteiger charge is 2.59. The number of carbonyl (C=O) groups is 1. The first-order valence-corrected chi connectivity index (χ1v) is 13.1. The van der Waals surface area contributed by atoms with Crippen molar-refractivity contribution in [1.29, 1.82) is 5.26 Å². The number of nitrogens with one attached hydrogen (secondary N) is 1. The maximum Gasteiger partial charge on any atom is 0.263 e. The van der Waals surface area contributed by atoms with Crippen molar-refractivity contribution in [3.05, 3.63) is 69.4 Å². The topological polar surface area (TPSA) is 140 Å². The van der Waals surface area contributed by atoms with E-state index >= 15 is 0 Å². The van der Waals surface area contributed by atoms with Gasteiger partial charge in [0, 0.05) is 25.2 Å². The molecule has 0 unspecified atom stereocenters. The summed E-state index contributed by atoms with van der Waals surface area (Å²) in [6, 6.07) is 8.74. The highest BCUT2D eigenvalue weighted by molar-refractivity contribution is 7.93. The van der Waals surface area contributed by atoms with Crippen LogP contribution in [0, 0.1) is 17.1 Å². The van der Waals surface area contributed by atoms with E-state index in [-0.39, 0.29) is 43.4 Å².